The molecule has 0 bridgehead atoms. The highest BCUT2D eigenvalue weighted by atomic mass is 32.2. The molecule has 0 amide bonds. The van der Waals surface area contributed by atoms with Gasteiger partial charge in [-0.3, -0.25) is 9.80 Å². The molecular formula is C18H27N7S. The maximum atomic E-state index is 5.97. The molecule has 0 aromatic carbocycles. The van der Waals surface area contributed by atoms with Gasteiger partial charge in [-0.1, -0.05) is 11.3 Å². The minimum Gasteiger partial charge on any atom is -0.383 e. The van der Waals surface area contributed by atoms with Gasteiger partial charge in [0.25, 0.3) is 0 Å². The second-order valence-electron chi connectivity index (χ2n) is 7.13. The molecule has 8 heteroatoms. The molecule has 0 saturated carbocycles. The van der Waals surface area contributed by atoms with Crippen molar-refractivity contribution in [2.24, 2.45) is 0 Å². The molecule has 2 fully saturated rings. The van der Waals surface area contributed by atoms with Gasteiger partial charge in [-0.15, -0.1) is 5.10 Å². The van der Waals surface area contributed by atoms with E-state index in [1.807, 2.05) is 17.8 Å². The summed E-state index contributed by atoms with van der Waals surface area (Å²) in [5.74, 6) is 3.11. The van der Waals surface area contributed by atoms with Crippen LogP contribution in [0, 0.1) is 0 Å². The van der Waals surface area contributed by atoms with Crippen LogP contribution in [0.4, 0.5) is 5.82 Å². The van der Waals surface area contributed by atoms with E-state index in [-0.39, 0.29) is 0 Å². The molecule has 0 aliphatic carbocycles. The zero-order chi connectivity index (χ0) is 17.8. The number of piperidine rings is 1. The van der Waals surface area contributed by atoms with E-state index in [1.54, 1.807) is 6.20 Å². The van der Waals surface area contributed by atoms with Crippen LogP contribution in [0.5, 0.6) is 0 Å². The zero-order valence-corrected chi connectivity index (χ0v) is 15.9. The van der Waals surface area contributed by atoms with Gasteiger partial charge in [0.05, 0.1) is 17.9 Å². The van der Waals surface area contributed by atoms with E-state index in [1.165, 1.54) is 11.5 Å². The Balaban J connectivity index is 1.28. The molecule has 0 radical (unpaired) electrons. The highest BCUT2D eigenvalue weighted by Gasteiger charge is 2.22. The molecule has 4 rings (SSSR count). The summed E-state index contributed by atoms with van der Waals surface area (Å²) < 4.78 is 2.09. The molecule has 2 N–H and O–H groups in total. The molecular weight excluding hydrogens is 346 g/mol. The van der Waals surface area contributed by atoms with Crippen LogP contribution >= 0.6 is 11.8 Å². The number of likely N-dealkylation sites (tertiary alicyclic amines) is 1. The summed E-state index contributed by atoms with van der Waals surface area (Å²) in [4.78, 5) is 9.11. The first-order chi connectivity index (χ1) is 12.8. The normalized spacial score (nSPS) is 20.5. The number of hydrogen-bond donors (Lipinski definition) is 1. The summed E-state index contributed by atoms with van der Waals surface area (Å²) in [6.07, 6.45) is 6.10. The third kappa shape index (κ3) is 4.36. The van der Waals surface area contributed by atoms with Crippen molar-refractivity contribution >= 4 is 17.6 Å². The lowest BCUT2D eigenvalue weighted by molar-refractivity contribution is 0.172. The summed E-state index contributed by atoms with van der Waals surface area (Å²) in [5.41, 5.74) is 8.19. The molecule has 2 aliphatic heterocycles. The quantitative estimate of drug-likeness (QED) is 0.854. The fourth-order valence-electron chi connectivity index (χ4n) is 3.72. The monoisotopic (exact) mass is 373 g/mol. The van der Waals surface area contributed by atoms with Crippen molar-refractivity contribution in [1.29, 1.82) is 0 Å². The average molecular weight is 374 g/mol. The maximum Gasteiger partial charge on any atom is 0.127 e. The Morgan fingerprint density at radius 3 is 2.62 bits per heavy atom. The largest absolute Gasteiger partial charge is 0.383 e. The highest BCUT2D eigenvalue weighted by Crippen LogP contribution is 2.24. The van der Waals surface area contributed by atoms with Gasteiger partial charge in [0.2, 0.25) is 0 Å². The van der Waals surface area contributed by atoms with Crippen molar-refractivity contribution in [3.05, 3.63) is 35.8 Å². The molecule has 0 atom stereocenters. The summed E-state index contributed by atoms with van der Waals surface area (Å²) in [5, 5.41) is 8.82. The summed E-state index contributed by atoms with van der Waals surface area (Å²) >= 11 is 2.04. The molecule has 2 aliphatic rings. The van der Waals surface area contributed by atoms with Crippen LogP contribution < -0.4 is 5.73 Å². The molecule has 0 spiro atoms. The number of aromatic nitrogens is 4. The van der Waals surface area contributed by atoms with E-state index in [2.05, 4.69) is 42.0 Å². The van der Waals surface area contributed by atoms with E-state index in [0.29, 0.717) is 11.9 Å². The summed E-state index contributed by atoms with van der Waals surface area (Å²) in [6.45, 7) is 6.23. The van der Waals surface area contributed by atoms with Gasteiger partial charge in [0.15, 0.2) is 0 Å². The van der Waals surface area contributed by atoms with Crippen LogP contribution in [0.25, 0.3) is 0 Å². The number of rotatable bonds is 5. The number of nitrogens with two attached hydrogens (primary N) is 1. The minimum atomic E-state index is 0.454. The standard InChI is InChI=1S/C18H27N7S/c19-18-15(2-1-5-20-18)12-23-6-3-17(4-7-23)25-14-16(21-22-25)13-24-8-10-26-11-9-24/h1-2,5,14,17H,3-4,6-13H2,(H2,19,20). The van der Waals surface area contributed by atoms with E-state index >= 15 is 0 Å². The van der Waals surface area contributed by atoms with Crippen molar-refractivity contribution in [3.63, 3.8) is 0 Å². The molecule has 0 unspecified atom stereocenters. The van der Waals surface area contributed by atoms with Gasteiger partial charge in [0.1, 0.15) is 5.82 Å². The molecule has 7 nitrogen and oxygen atoms in total. The lowest BCUT2D eigenvalue weighted by Crippen LogP contribution is -2.34. The SMILES string of the molecule is Nc1ncccc1CN1CCC(n2cc(CN3CCSCC3)nn2)CC1. The lowest BCUT2D eigenvalue weighted by Gasteiger charge is -2.31. The first kappa shape index (κ1) is 17.8. The van der Waals surface area contributed by atoms with Crippen molar-refractivity contribution in [3.8, 4) is 0 Å². The van der Waals surface area contributed by atoms with Gasteiger partial charge in [-0.2, -0.15) is 11.8 Å². The number of nitrogens with zero attached hydrogens (tertiary/aromatic N) is 6. The lowest BCUT2D eigenvalue weighted by atomic mass is 10.0. The third-order valence-corrected chi connectivity index (χ3v) is 6.24. The van der Waals surface area contributed by atoms with Gasteiger partial charge in [-0.05, 0) is 18.9 Å². The van der Waals surface area contributed by atoms with Crippen LogP contribution in [0.2, 0.25) is 0 Å². The predicted molar refractivity (Wildman–Crippen MR) is 105 cm³/mol. The first-order valence-corrected chi connectivity index (χ1v) is 10.6. The Labute approximate surface area is 158 Å². The molecule has 140 valence electrons. The van der Waals surface area contributed by atoms with Crippen LogP contribution in [0.1, 0.15) is 30.1 Å². The second-order valence-corrected chi connectivity index (χ2v) is 8.36. The Hall–Kier alpha value is -1.64. The minimum absolute atomic E-state index is 0.454. The van der Waals surface area contributed by atoms with Crippen molar-refractivity contribution in [1.82, 2.24) is 29.8 Å². The van der Waals surface area contributed by atoms with E-state index in [0.717, 1.165) is 63.4 Å². The number of hydrogen-bond acceptors (Lipinski definition) is 7. The molecule has 4 heterocycles. The van der Waals surface area contributed by atoms with Crippen LogP contribution in [-0.2, 0) is 13.1 Å². The Morgan fingerprint density at radius 1 is 1.08 bits per heavy atom. The van der Waals surface area contributed by atoms with Crippen molar-refractivity contribution < 1.29 is 0 Å². The molecule has 2 aromatic rings. The average Bonchev–Trinajstić information content (AvgIpc) is 3.13. The van der Waals surface area contributed by atoms with Crippen molar-refractivity contribution in [2.75, 3.05) is 43.4 Å². The van der Waals surface area contributed by atoms with Crippen LogP contribution in [0.3, 0.4) is 0 Å². The van der Waals surface area contributed by atoms with E-state index in [9.17, 15) is 0 Å². The maximum absolute atomic E-state index is 5.97. The highest BCUT2D eigenvalue weighted by molar-refractivity contribution is 7.99. The second kappa shape index (κ2) is 8.37. The first-order valence-electron chi connectivity index (χ1n) is 9.40. The fourth-order valence-corrected chi connectivity index (χ4v) is 4.70. The summed E-state index contributed by atoms with van der Waals surface area (Å²) in [6, 6.07) is 4.48. The van der Waals surface area contributed by atoms with Gasteiger partial charge < -0.3 is 5.73 Å². The van der Waals surface area contributed by atoms with Gasteiger partial charge in [-0.25, -0.2) is 9.67 Å². The molecule has 2 saturated heterocycles. The molecule has 26 heavy (non-hydrogen) atoms. The number of thioether (sulfide) groups is 1. The van der Waals surface area contributed by atoms with Crippen LogP contribution in [0.15, 0.2) is 24.5 Å². The van der Waals surface area contributed by atoms with Gasteiger partial charge in [0, 0.05) is 62.5 Å². The Bertz CT molecular complexity index is 705. The van der Waals surface area contributed by atoms with E-state index in [4.69, 9.17) is 5.73 Å². The van der Waals surface area contributed by atoms with Crippen LogP contribution in [-0.4, -0.2) is 67.5 Å². The number of pyridine rings is 1. The Morgan fingerprint density at radius 2 is 1.85 bits per heavy atom. The topological polar surface area (TPSA) is 76.1 Å². The van der Waals surface area contributed by atoms with Crippen molar-refractivity contribution in [2.45, 2.75) is 32.0 Å². The molecule has 2 aromatic heterocycles. The number of anilines is 1. The Kier molecular flexibility index (Phi) is 5.72. The number of nitrogen functional groups attached to an aromatic ring is 1. The third-order valence-electron chi connectivity index (χ3n) is 5.30. The zero-order valence-electron chi connectivity index (χ0n) is 15.1. The van der Waals surface area contributed by atoms with Gasteiger partial charge >= 0.3 is 0 Å². The summed E-state index contributed by atoms with van der Waals surface area (Å²) in [7, 11) is 0. The fraction of sp³-hybridized carbons (Fsp3) is 0.611. The van der Waals surface area contributed by atoms with E-state index < -0.39 is 0 Å². The smallest absolute Gasteiger partial charge is 0.127 e. The predicted octanol–water partition coefficient (Wildman–Crippen LogP) is 1.64.